The van der Waals surface area contributed by atoms with Gasteiger partial charge in [-0.25, -0.2) is 0 Å². The molecule has 1 aromatic carbocycles. The third-order valence-electron chi connectivity index (χ3n) is 5.41. The van der Waals surface area contributed by atoms with Crippen molar-refractivity contribution in [2.75, 3.05) is 17.2 Å². The number of hydrogen-bond acceptors (Lipinski definition) is 6. The average molecular weight is 400 g/mol. The van der Waals surface area contributed by atoms with E-state index in [0.717, 1.165) is 23.5 Å². The van der Waals surface area contributed by atoms with Crippen LogP contribution in [0.15, 0.2) is 24.3 Å². The minimum atomic E-state index is -0.148. The van der Waals surface area contributed by atoms with Crippen LogP contribution in [-0.4, -0.2) is 39.6 Å². The Kier molecular flexibility index (Phi) is 5.30. The molecule has 1 aromatic heterocycles. The van der Waals surface area contributed by atoms with Crippen LogP contribution in [0.1, 0.15) is 60.8 Å². The molecule has 0 unspecified atom stereocenters. The van der Waals surface area contributed by atoms with Gasteiger partial charge in [-0.3, -0.25) is 9.59 Å². The van der Waals surface area contributed by atoms with Crippen LogP contribution in [-0.2, 0) is 4.79 Å². The molecule has 2 aromatic rings. The molecule has 1 fully saturated rings. The number of hydrogen-bond donors (Lipinski definition) is 2. The second-order valence-electron chi connectivity index (χ2n) is 7.75. The molecule has 28 heavy (non-hydrogen) atoms. The summed E-state index contributed by atoms with van der Waals surface area (Å²) >= 11 is 1.46. The summed E-state index contributed by atoms with van der Waals surface area (Å²) in [6, 6.07) is 7.51. The van der Waals surface area contributed by atoms with E-state index in [9.17, 15) is 9.59 Å². The quantitative estimate of drug-likeness (QED) is 0.774. The van der Waals surface area contributed by atoms with Gasteiger partial charge in [-0.1, -0.05) is 43.7 Å². The molecule has 148 valence electrons. The van der Waals surface area contributed by atoms with Gasteiger partial charge in [-0.2, -0.15) is 0 Å². The first-order valence-corrected chi connectivity index (χ1v) is 10.6. The molecule has 0 radical (unpaired) electrons. The van der Waals surface area contributed by atoms with Crippen molar-refractivity contribution in [1.29, 1.82) is 0 Å². The highest BCUT2D eigenvalue weighted by molar-refractivity contribution is 7.15. The number of aromatic nitrogens is 2. The van der Waals surface area contributed by atoms with Crippen LogP contribution < -0.4 is 10.6 Å². The van der Waals surface area contributed by atoms with E-state index >= 15 is 0 Å². The third-order valence-corrected chi connectivity index (χ3v) is 6.41. The summed E-state index contributed by atoms with van der Waals surface area (Å²) in [5, 5.41) is 16.1. The Bertz CT molecular complexity index is 877. The number of benzene rings is 1. The SMILES string of the molecule is CC(C)[C@@H]1Nc2ccccc2C(=O)N1CCC(=O)Nc1nnc(C2CCC2)s1. The van der Waals surface area contributed by atoms with Gasteiger partial charge in [0.25, 0.3) is 5.91 Å². The van der Waals surface area contributed by atoms with Crippen LogP contribution in [0.25, 0.3) is 0 Å². The fourth-order valence-electron chi connectivity index (χ4n) is 3.59. The Morgan fingerprint density at radius 2 is 2.11 bits per heavy atom. The van der Waals surface area contributed by atoms with Crippen molar-refractivity contribution >= 4 is 34.0 Å². The van der Waals surface area contributed by atoms with Crippen LogP contribution in [0, 0.1) is 5.92 Å². The Balaban J connectivity index is 1.39. The summed E-state index contributed by atoms with van der Waals surface area (Å²) < 4.78 is 0. The summed E-state index contributed by atoms with van der Waals surface area (Å²) in [6.07, 6.45) is 3.64. The molecule has 1 aliphatic carbocycles. The van der Waals surface area contributed by atoms with Gasteiger partial charge >= 0.3 is 0 Å². The molecular formula is C20H25N5O2S. The van der Waals surface area contributed by atoms with Gasteiger partial charge in [0, 0.05) is 24.6 Å². The molecule has 2 heterocycles. The minimum absolute atomic E-state index is 0.0379. The van der Waals surface area contributed by atoms with Gasteiger partial charge in [0.05, 0.1) is 5.56 Å². The van der Waals surface area contributed by atoms with E-state index in [-0.39, 0.29) is 30.3 Å². The first kappa shape index (κ1) is 18.9. The maximum Gasteiger partial charge on any atom is 0.257 e. The zero-order valence-electron chi connectivity index (χ0n) is 16.1. The van der Waals surface area contributed by atoms with Gasteiger partial charge in [0.1, 0.15) is 11.2 Å². The molecule has 0 spiro atoms. The lowest BCUT2D eigenvalue weighted by Crippen LogP contribution is -2.52. The number of fused-ring (bicyclic) bond motifs is 1. The average Bonchev–Trinajstić information content (AvgIpc) is 3.06. The number of carbonyl (C=O) groups is 2. The lowest BCUT2D eigenvalue weighted by molar-refractivity contribution is -0.116. The van der Waals surface area contributed by atoms with Crippen molar-refractivity contribution in [2.45, 2.75) is 51.6 Å². The Hall–Kier alpha value is -2.48. The number of para-hydroxylation sites is 1. The van der Waals surface area contributed by atoms with Gasteiger partial charge in [-0.05, 0) is 30.9 Å². The number of rotatable bonds is 6. The predicted molar refractivity (Wildman–Crippen MR) is 109 cm³/mol. The van der Waals surface area contributed by atoms with Crippen molar-refractivity contribution in [3.8, 4) is 0 Å². The largest absolute Gasteiger partial charge is 0.364 e. The van der Waals surface area contributed by atoms with E-state index in [2.05, 4.69) is 34.7 Å². The van der Waals surface area contributed by atoms with E-state index in [4.69, 9.17) is 0 Å². The van der Waals surface area contributed by atoms with Crippen LogP contribution >= 0.6 is 11.3 Å². The minimum Gasteiger partial charge on any atom is -0.364 e. The van der Waals surface area contributed by atoms with E-state index in [1.807, 2.05) is 24.3 Å². The topological polar surface area (TPSA) is 87.2 Å². The molecule has 1 aliphatic heterocycles. The summed E-state index contributed by atoms with van der Waals surface area (Å²) in [5.41, 5.74) is 1.50. The van der Waals surface area contributed by atoms with E-state index in [1.54, 1.807) is 4.90 Å². The Morgan fingerprint density at radius 1 is 1.32 bits per heavy atom. The van der Waals surface area contributed by atoms with Gasteiger partial charge < -0.3 is 15.5 Å². The number of amides is 2. The Labute approximate surface area is 168 Å². The van der Waals surface area contributed by atoms with Gasteiger partial charge in [0.15, 0.2) is 0 Å². The highest BCUT2D eigenvalue weighted by Gasteiger charge is 2.33. The maximum atomic E-state index is 13.0. The highest BCUT2D eigenvalue weighted by Crippen LogP contribution is 2.38. The van der Waals surface area contributed by atoms with E-state index in [0.29, 0.717) is 23.2 Å². The summed E-state index contributed by atoms with van der Waals surface area (Å²) in [5.74, 6) is 0.537. The first-order valence-electron chi connectivity index (χ1n) is 9.82. The van der Waals surface area contributed by atoms with Crippen molar-refractivity contribution in [3.63, 3.8) is 0 Å². The van der Waals surface area contributed by atoms with E-state index < -0.39 is 0 Å². The zero-order chi connectivity index (χ0) is 19.7. The zero-order valence-corrected chi connectivity index (χ0v) is 17.0. The third kappa shape index (κ3) is 3.73. The number of nitrogens with zero attached hydrogens (tertiary/aromatic N) is 3. The fourth-order valence-corrected chi connectivity index (χ4v) is 4.52. The molecule has 0 bridgehead atoms. The number of nitrogens with one attached hydrogen (secondary N) is 2. The van der Waals surface area contributed by atoms with Crippen molar-refractivity contribution < 1.29 is 9.59 Å². The monoisotopic (exact) mass is 399 g/mol. The lowest BCUT2D eigenvalue weighted by Gasteiger charge is -2.40. The second-order valence-corrected chi connectivity index (χ2v) is 8.76. The van der Waals surface area contributed by atoms with Crippen molar-refractivity contribution in [2.24, 2.45) is 5.92 Å². The van der Waals surface area contributed by atoms with Crippen LogP contribution in [0.5, 0.6) is 0 Å². The molecule has 7 nitrogen and oxygen atoms in total. The number of anilines is 2. The normalized spacial score (nSPS) is 19.2. The second kappa shape index (κ2) is 7.87. The molecule has 2 amide bonds. The Morgan fingerprint density at radius 3 is 2.82 bits per heavy atom. The van der Waals surface area contributed by atoms with Gasteiger partial charge in [-0.15, -0.1) is 10.2 Å². The molecular weight excluding hydrogens is 374 g/mol. The van der Waals surface area contributed by atoms with Crippen LogP contribution in [0.4, 0.5) is 10.8 Å². The van der Waals surface area contributed by atoms with Gasteiger partial charge in [0.2, 0.25) is 11.0 Å². The van der Waals surface area contributed by atoms with Crippen molar-refractivity contribution in [3.05, 3.63) is 34.8 Å². The van der Waals surface area contributed by atoms with Crippen LogP contribution in [0.2, 0.25) is 0 Å². The molecule has 2 N–H and O–H groups in total. The summed E-state index contributed by atoms with van der Waals surface area (Å²) in [4.78, 5) is 27.1. The molecule has 1 atom stereocenters. The smallest absolute Gasteiger partial charge is 0.257 e. The highest BCUT2D eigenvalue weighted by atomic mass is 32.1. The standard InChI is InChI=1S/C20H25N5O2S/c1-12(2)17-21-15-9-4-3-8-14(15)19(27)25(17)11-10-16(26)22-20-24-23-18(28-20)13-6-5-7-13/h3-4,8-9,12-13,17,21H,5-7,10-11H2,1-2H3,(H,22,24,26)/t17-/m1/s1. The first-order chi connectivity index (χ1) is 13.5. The van der Waals surface area contributed by atoms with Crippen LogP contribution in [0.3, 0.4) is 0 Å². The lowest BCUT2D eigenvalue weighted by atomic mass is 9.86. The molecule has 8 heteroatoms. The maximum absolute atomic E-state index is 13.0. The fraction of sp³-hybridized carbons (Fsp3) is 0.500. The molecule has 2 aliphatic rings. The molecule has 4 rings (SSSR count). The number of carbonyl (C=O) groups excluding carboxylic acids is 2. The molecule has 1 saturated carbocycles. The summed E-state index contributed by atoms with van der Waals surface area (Å²) in [6.45, 7) is 4.48. The predicted octanol–water partition coefficient (Wildman–Crippen LogP) is 3.68. The summed E-state index contributed by atoms with van der Waals surface area (Å²) in [7, 11) is 0. The van der Waals surface area contributed by atoms with E-state index in [1.165, 1.54) is 17.8 Å². The molecule has 0 saturated heterocycles. The van der Waals surface area contributed by atoms with Crippen molar-refractivity contribution in [1.82, 2.24) is 15.1 Å².